The van der Waals surface area contributed by atoms with E-state index >= 15 is 0 Å². The second-order valence-electron chi connectivity index (χ2n) is 3.12. The highest BCUT2D eigenvalue weighted by atomic mass is 32.1. The zero-order chi connectivity index (χ0) is 9.80. The van der Waals surface area contributed by atoms with Crippen LogP contribution >= 0.6 is 11.3 Å². The number of pyridine rings is 1. The maximum atomic E-state index is 4.22. The van der Waals surface area contributed by atoms with E-state index in [2.05, 4.69) is 33.2 Å². The molecule has 0 fully saturated rings. The highest BCUT2D eigenvalue weighted by Crippen LogP contribution is 2.21. The molecule has 2 rings (SSSR count). The molecule has 2 aromatic heterocycles. The first-order valence-corrected chi connectivity index (χ1v) is 5.45. The quantitative estimate of drug-likeness (QED) is 0.831. The van der Waals surface area contributed by atoms with Gasteiger partial charge in [-0.3, -0.25) is 4.98 Å². The summed E-state index contributed by atoms with van der Waals surface area (Å²) in [6.45, 7) is 0.866. The minimum atomic E-state index is 0.866. The van der Waals surface area contributed by atoms with Gasteiger partial charge in [-0.25, -0.2) is 0 Å². The number of hydrogen-bond acceptors (Lipinski definition) is 3. The molecule has 72 valence electrons. The van der Waals surface area contributed by atoms with E-state index in [1.165, 1.54) is 16.7 Å². The molecule has 0 aliphatic rings. The zero-order valence-electron chi connectivity index (χ0n) is 8.03. The summed E-state index contributed by atoms with van der Waals surface area (Å²) in [5.74, 6) is 0. The summed E-state index contributed by atoms with van der Waals surface area (Å²) < 4.78 is 0. The molecule has 0 unspecified atom stereocenters. The van der Waals surface area contributed by atoms with E-state index in [1.54, 1.807) is 11.3 Å². The summed E-state index contributed by atoms with van der Waals surface area (Å²) in [5.41, 5.74) is 3.66. The summed E-state index contributed by atoms with van der Waals surface area (Å²) in [5, 5.41) is 7.34. The fraction of sp³-hybridized carbons (Fsp3) is 0.182. The van der Waals surface area contributed by atoms with Crippen molar-refractivity contribution in [3.05, 3.63) is 40.8 Å². The number of hydrogen-bond donors (Lipinski definition) is 1. The Bertz CT molecular complexity index is 395. The van der Waals surface area contributed by atoms with E-state index in [1.807, 2.05) is 19.4 Å². The fourth-order valence-electron chi connectivity index (χ4n) is 1.37. The average molecular weight is 204 g/mol. The Kier molecular flexibility index (Phi) is 2.91. The lowest BCUT2D eigenvalue weighted by Crippen LogP contribution is -2.05. The van der Waals surface area contributed by atoms with Crippen LogP contribution in [0.5, 0.6) is 0 Å². The Hall–Kier alpha value is -1.19. The van der Waals surface area contributed by atoms with Crippen LogP contribution in [0.15, 0.2) is 35.3 Å². The van der Waals surface area contributed by atoms with Crippen molar-refractivity contribution < 1.29 is 0 Å². The summed E-state index contributed by atoms with van der Waals surface area (Å²) in [6.07, 6.45) is 3.80. The average Bonchev–Trinajstić information content (AvgIpc) is 2.71. The highest BCUT2D eigenvalue weighted by molar-refractivity contribution is 7.08. The summed E-state index contributed by atoms with van der Waals surface area (Å²) >= 11 is 1.71. The lowest BCUT2D eigenvalue weighted by Gasteiger charge is -2.02. The third kappa shape index (κ3) is 2.00. The Morgan fingerprint density at radius 3 is 3.00 bits per heavy atom. The van der Waals surface area contributed by atoms with Gasteiger partial charge in [0.25, 0.3) is 0 Å². The second kappa shape index (κ2) is 4.35. The van der Waals surface area contributed by atoms with Crippen LogP contribution in [0.25, 0.3) is 11.1 Å². The molecule has 0 saturated heterocycles. The monoisotopic (exact) mass is 204 g/mol. The molecule has 0 amide bonds. The van der Waals surface area contributed by atoms with Crippen molar-refractivity contribution in [3.63, 3.8) is 0 Å². The molecule has 2 aromatic rings. The van der Waals surface area contributed by atoms with Crippen LogP contribution in [0, 0.1) is 0 Å². The van der Waals surface area contributed by atoms with Crippen LogP contribution in [0.1, 0.15) is 5.56 Å². The van der Waals surface area contributed by atoms with Gasteiger partial charge in [0.15, 0.2) is 0 Å². The topological polar surface area (TPSA) is 24.9 Å². The van der Waals surface area contributed by atoms with Crippen molar-refractivity contribution in [1.29, 1.82) is 0 Å². The minimum Gasteiger partial charge on any atom is -0.316 e. The Morgan fingerprint density at radius 2 is 2.29 bits per heavy atom. The van der Waals surface area contributed by atoms with Crippen molar-refractivity contribution in [1.82, 2.24) is 10.3 Å². The van der Waals surface area contributed by atoms with Gasteiger partial charge in [-0.15, -0.1) is 0 Å². The number of thiophene rings is 1. The normalized spacial score (nSPS) is 10.4. The molecule has 0 radical (unpaired) electrons. The molecule has 2 nitrogen and oxygen atoms in total. The van der Waals surface area contributed by atoms with E-state index in [-0.39, 0.29) is 0 Å². The van der Waals surface area contributed by atoms with Crippen molar-refractivity contribution in [3.8, 4) is 11.1 Å². The van der Waals surface area contributed by atoms with Crippen LogP contribution in [-0.2, 0) is 6.54 Å². The minimum absolute atomic E-state index is 0.866. The molecular formula is C11H12N2S. The van der Waals surface area contributed by atoms with Gasteiger partial charge in [0.1, 0.15) is 0 Å². The van der Waals surface area contributed by atoms with Crippen LogP contribution in [0.3, 0.4) is 0 Å². The highest BCUT2D eigenvalue weighted by Gasteiger charge is 1.99. The van der Waals surface area contributed by atoms with Crippen molar-refractivity contribution >= 4 is 11.3 Å². The Labute approximate surface area is 87.6 Å². The van der Waals surface area contributed by atoms with Crippen LogP contribution in [-0.4, -0.2) is 12.0 Å². The number of nitrogens with zero attached hydrogens (tertiary/aromatic N) is 1. The first-order chi connectivity index (χ1) is 6.90. The molecule has 0 aliphatic carbocycles. The molecule has 0 spiro atoms. The predicted molar refractivity (Wildman–Crippen MR) is 60.3 cm³/mol. The van der Waals surface area contributed by atoms with Gasteiger partial charge in [0, 0.05) is 24.5 Å². The van der Waals surface area contributed by atoms with E-state index in [0.717, 1.165) is 6.54 Å². The first-order valence-electron chi connectivity index (χ1n) is 4.51. The van der Waals surface area contributed by atoms with E-state index in [4.69, 9.17) is 0 Å². The maximum Gasteiger partial charge on any atom is 0.0346 e. The predicted octanol–water partition coefficient (Wildman–Crippen LogP) is 2.53. The zero-order valence-corrected chi connectivity index (χ0v) is 8.84. The molecular weight excluding hydrogens is 192 g/mol. The first kappa shape index (κ1) is 9.37. The Balaban J connectivity index is 2.31. The maximum absolute atomic E-state index is 4.22. The summed E-state index contributed by atoms with van der Waals surface area (Å²) in [4.78, 5) is 4.22. The molecule has 0 saturated carbocycles. The number of rotatable bonds is 3. The van der Waals surface area contributed by atoms with Gasteiger partial charge in [-0.2, -0.15) is 11.3 Å². The van der Waals surface area contributed by atoms with Gasteiger partial charge in [-0.05, 0) is 41.1 Å². The van der Waals surface area contributed by atoms with Gasteiger partial charge in [0.05, 0.1) is 0 Å². The SMILES string of the molecule is CNCc1cncc(-c2ccsc2)c1. The van der Waals surface area contributed by atoms with Gasteiger partial charge in [0.2, 0.25) is 0 Å². The molecule has 3 heteroatoms. The van der Waals surface area contributed by atoms with Crippen LogP contribution < -0.4 is 5.32 Å². The Morgan fingerprint density at radius 1 is 1.36 bits per heavy atom. The van der Waals surface area contributed by atoms with Crippen molar-refractivity contribution in [2.24, 2.45) is 0 Å². The third-order valence-corrected chi connectivity index (χ3v) is 2.71. The molecule has 0 atom stereocenters. The lowest BCUT2D eigenvalue weighted by atomic mass is 10.1. The van der Waals surface area contributed by atoms with Gasteiger partial charge < -0.3 is 5.32 Å². The molecule has 14 heavy (non-hydrogen) atoms. The van der Waals surface area contributed by atoms with Crippen molar-refractivity contribution in [2.75, 3.05) is 7.05 Å². The van der Waals surface area contributed by atoms with E-state index in [0.29, 0.717) is 0 Å². The smallest absolute Gasteiger partial charge is 0.0346 e. The lowest BCUT2D eigenvalue weighted by molar-refractivity contribution is 0.813. The van der Waals surface area contributed by atoms with Crippen LogP contribution in [0.4, 0.5) is 0 Å². The molecule has 0 aromatic carbocycles. The molecule has 0 bridgehead atoms. The standard InChI is InChI=1S/C11H12N2S/c1-12-5-9-4-11(7-13-6-9)10-2-3-14-8-10/h2-4,6-8,12H,5H2,1H3. The van der Waals surface area contributed by atoms with Crippen molar-refractivity contribution in [2.45, 2.75) is 6.54 Å². The van der Waals surface area contributed by atoms with Crippen LogP contribution in [0.2, 0.25) is 0 Å². The largest absolute Gasteiger partial charge is 0.316 e. The summed E-state index contributed by atoms with van der Waals surface area (Å²) in [6, 6.07) is 4.29. The fourth-order valence-corrected chi connectivity index (χ4v) is 2.04. The van der Waals surface area contributed by atoms with E-state index < -0.39 is 0 Å². The molecule has 2 heterocycles. The number of nitrogens with one attached hydrogen (secondary N) is 1. The third-order valence-electron chi connectivity index (χ3n) is 2.03. The molecule has 0 aliphatic heterocycles. The van der Waals surface area contributed by atoms with E-state index in [9.17, 15) is 0 Å². The second-order valence-corrected chi connectivity index (χ2v) is 3.90. The molecule has 1 N–H and O–H groups in total. The van der Waals surface area contributed by atoms with Gasteiger partial charge >= 0.3 is 0 Å². The summed E-state index contributed by atoms with van der Waals surface area (Å²) in [7, 11) is 1.94. The van der Waals surface area contributed by atoms with Gasteiger partial charge in [-0.1, -0.05) is 0 Å². The number of aromatic nitrogens is 1.